The molecule has 0 amide bonds. The van der Waals surface area contributed by atoms with E-state index in [-0.39, 0.29) is 12.7 Å². The summed E-state index contributed by atoms with van der Waals surface area (Å²) < 4.78 is 17.2. The Bertz CT molecular complexity index is 301. The molecule has 0 heterocycles. The number of alkyl halides is 1. The lowest BCUT2D eigenvalue weighted by atomic mass is 10.00. The van der Waals surface area contributed by atoms with Crippen molar-refractivity contribution in [1.82, 2.24) is 0 Å². The van der Waals surface area contributed by atoms with Crippen LogP contribution in [0.3, 0.4) is 0 Å². The number of rotatable bonds is 4. The largest absolute Gasteiger partial charge is 0.497 e. The molecule has 0 unspecified atom stereocenters. The molecule has 0 aromatic heterocycles. The van der Waals surface area contributed by atoms with E-state index in [1.807, 2.05) is 25.1 Å². The Morgan fingerprint density at radius 2 is 2.21 bits per heavy atom. The van der Waals surface area contributed by atoms with Crippen molar-refractivity contribution < 1.29 is 9.13 Å². The van der Waals surface area contributed by atoms with Gasteiger partial charge in [-0.05, 0) is 36.6 Å². The molecule has 1 aromatic carbocycles. The number of halogens is 1. The van der Waals surface area contributed by atoms with E-state index in [0.29, 0.717) is 6.42 Å². The van der Waals surface area contributed by atoms with E-state index in [0.717, 1.165) is 16.9 Å². The Morgan fingerprint density at radius 1 is 1.50 bits per heavy atom. The van der Waals surface area contributed by atoms with Crippen LogP contribution in [0.25, 0.3) is 0 Å². The second kappa shape index (κ2) is 4.96. The van der Waals surface area contributed by atoms with Gasteiger partial charge in [-0.1, -0.05) is 6.07 Å². The lowest BCUT2D eigenvalue weighted by Crippen LogP contribution is -2.12. The summed E-state index contributed by atoms with van der Waals surface area (Å²) >= 11 is 0. The van der Waals surface area contributed by atoms with Crippen molar-refractivity contribution in [2.24, 2.45) is 5.73 Å². The maximum Gasteiger partial charge on any atom is 0.119 e. The van der Waals surface area contributed by atoms with Crippen LogP contribution < -0.4 is 10.5 Å². The van der Waals surface area contributed by atoms with E-state index in [1.54, 1.807) is 7.11 Å². The molecule has 0 aliphatic rings. The van der Waals surface area contributed by atoms with Crippen LogP contribution in [0, 0.1) is 6.92 Å². The molecule has 2 N–H and O–H groups in total. The van der Waals surface area contributed by atoms with Crippen LogP contribution in [0.2, 0.25) is 0 Å². The highest BCUT2D eigenvalue weighted by Gasteiger charge is 2.08. The van der Waals surface area contributed by atoms with E-state index in [1.165, 1.54) is 0 Å². The molecule has 0 spiro atoms. The minimum Gasteiger partial charge on any atom is -0.497 e. The first-order valence-electron chi connectivity index (χ1n) is 4.65. The van der Waals surface area contributed by atoms with Gasteiger partial charge in [0, 0.05) is 6.04 Å². The van der Waals surface area contributed by atoms with Crippen molar-refractivity contribution in [2.75, 3.05) is 13.8 Å². The number of aryl methyl sites for hydroxylation is 1. The predicted molar refractivity (Wildman–Crippen MR) is 55.3 cm³/mol. The van der Waals surface area contributed by atoms with Crippen molar-refractivity contribution >= 4 is 0 Å². The van der Waals surface area contributed by atoms with E-state index in [2.05, 4.69) is 0 Å². The molecule has 3 heteroatoms. The summed E-state index contributed by atoms with van der Waals surface area (Å²) in [4.78, 5) is 0. The molecular weight excluding hydrogens is 181 g/mol. The minimum absolute atomic E-state index is 0.217. The van der Waals surface area contributed by atoms with Gasteiger partial charge in [-0.15, -0.1) is 0 Å². The summed E-state index contributed by atoms with van der Waals surface area (Å²) in [6.45, 7) is 1.57. The molecular formula is C11H16FNO. The summed E-state index contributed by atoms with van der Waals surface area (Å²) in [7, 11) is 1.62. The molecule has 14 heavy (non-hydrogen) atoms. The Hall–Kier alpha value is -1.09. The molecule has 2 nitrogen and oxygen atoms in total. The number of ether oxygens (including phenoxy) is 1. The SMILES string of the molecule is COc1ccc([C@H](N)CCF)c(C)c1. The quantitative estimate of drug-likeness (QED) is 0.804. The fraction of sp³-hybridized carbons (Fsp3) is 0.455. The highest BCUT2D eigenvalue weighted by atomic mass is 19.1. The van der Waals surface area contributed by atoms with Gasteiger partial charge in [0.25, 0.3) is 0 Å². The summed E-state index contributed by atoms with van der Waals surface area (Å²) in [6.07, 6.45) is 0.368. The van der Waals surface area contributed by atoms with Crippen LogP contribution in [0.1, 0.15) is 23.6 Å². The van der Waals surface area contributed by atoms with Gasteiger partial charge in [0.1, 0.15) is 5.75 Å². The van der Waals surface area contributed by atoms with Crippen LogP contribution >= 0.6 is 0 Å². The molecule has 0 aliphatic carbocycles. The Kier molecular flexibility index (Phi) is 3.89. The molecule has 0 fully saturated rings. The molecule has 0 bridgehead atoms. The number of hydrogen-bond donors (Lipinski definition) is 1. The van der Waals surface area contributed by atoms with E-state index < -0.39 is 0 Å². The van der Waals surface area contributed by atoms with Crippen LogP contribution in [0.5, 0.6) is 5.75 Å². The van der Waals surface area contributed by atoms with Crippen molar-refractivity contribution in [3.63, 3.8) is 0 Å². The second-order valence-electron chi connectivity index (χ2n) is 3.31. The second-order valence-corrected chi connectivity index (χ2v) is 3.31. The van der Waals surface area contributed by atoms with E-state index in [9.17, 15) is 4.39 Å². The molecule has 1 atom stereocenters. The third-order valence-electron chi connectivity index (χ3n) is 2.30. The third kappa shape index (κ3) is 2.45. The average Bonchev–Trinajstić information content (AvgIpc) is 2.17. The lowest BCUT2D eigenvalue weighted by molar-refractivity contribution is 0.413. The number of nitrogens with two attached hydrogens (primary N) is 1. The van der Waals surface area contributed by atoms with Gasteiger partial charge >= 0.3 is 0 Å². The van der Waals surface area contributed by atoms with Crippen molar-refractivity contribution in [3.8, 4) is 5.75 Å². The van der Waals surface area contributed by atoms with E-state index in [4.69, 9.17) is 10.5 Å². The summed E-state index contributed by atoms with van der Waals surface area (Å²) in [6, 6.07) is 5.44. The van der Waals surface area contributed by atoms with Gasteiger partial charge in [0.2, 0.25) is 0 Å². The summed E-state index contributed by atoms with van der Waals surface area (Å²) in [5, 5.41) is 0. The fourth-order valence-electron chi connectivity index (χ4n) is 1.46. The maximum absolute atomic E-state index is 12.1. The van der Waals surface area contributed by atoms with Crippen LogP contribution in [0.15, 0.2) is 18.2 Å². The summed E-state index contributed by atoms with van der Waals surface area (Å²) in [5.41, 5.74) is 7.85. The highest BCUT2D eigenvalue weighted by molar-refractivity contribution is 5.36. The molecule has 1 aromatic rings. The molecule has 0 radical (unpaired) electrons. The van der Waals surface area contributed by atoms with Gasteiger partial charge in [-0.25, -0.2) is 0 Å². The minimum atomic E-state index is -0.382. The zero-order chi connectivity index (χ0) is 10.6. The Morgan fingerprint density at radius 3 is 2.71 bits per heavy atom. The molecule has 78 valence electrons. The monoisotopic (exact) mass is 197 g/mol. The van der Waals surface area contributed by atoms with Gasteiger partial charge in [-0.2, -0.15) is 0 Å². The first-order valence-corrected chi connectivity index (χ1v) is 4.65. The zero-order valence-electron chi connectivity index (χ0n) is 8.59. The first kappa shape index (κ1) is 11.0. The van der Waals surface area contributed by atoms with Crippen molar-refractivity contribution in [1.29, 1.82) is 0 Å². The highest BCUT2D eigenvalue weighted by Crippen LogP contribution is 2.22. The topological polar surface area (TPSA) is 35.2 Å². The third-order valence-corrected chi connectivity index (χ3v) is 2.30. The van der Waals surface area contributed by atoms with E-state index >= 15 is 0 Å². The Labute approximate surface area is 83.9 Å². The molecule has 0 aliphatic heterocycles. The van der Waals surface area contributed by atoms with Crippen LogP contribution in [-0.4, -0.2) is 13.8 Å². The number of methoxy groups -OCH3 is 1. The number of hydrogen-bond acceptors (Lipinski definition) is 2. The molecule has 1 rings (SSSR count). The van der Waals surface area contributed by atoms with Gasteiger partial charge in [0.15, 0.2) is 0 Å². The van der Waals surface area contributed by atoms with Crippen LogP contribution in [0.4, 0.5) is 4.39 Å². The van der Waals surface area contributed by atoms with Gasteiger partial charge in [-0.3, -0.25) is 4.39 Å². The smallest absolute Gasteiger partial charge is 0.119 e. The van der Waals surface area contributed by atoms with Gasteiger partial charge in [0.05, 0.1) is 13.8 Å². The zero-order valence-corrected chi connectivity index (χ0v) is 8.59. The molecule has 0 saturated carbocycles. The lowest BCUT2D eigenvalue weighted by Gasteiger charge is -2.13. The Balaban J connectivity index is 2.88. The van der Waals surface area contributed by atoms with Crippen LogP contribution in [-0.2, 0) is 0 Å². The van der Waals surface area contributed by atoms with Crippen molar-refractivity contribution in [2.45, 2.75) is 19.4 Å². The van der Waals surface area contributed by atoms with Gasteiger partial charge < -0.3 is 10.5 Å². The first-order chi connectivity index (χ1) is 6.69. The predicted octanol–water partition coefficient (Wildman–Crippen LogP) is 2.36. The average molecular weight is 197 g/mol. The van der Waals surface area contributed by atoms with Crippen molar-refractivity contribution in [3.05, 3.63) is 29.3 Å². The fourth-order valence-corrected chi connectivity index (χ4v) is 1.46. The summed E-state index contributed by atoms with van der Waals surface area (Å²) in [5.74, 6) is 0.804. The molecule has 0 saturated heterocycles. The number of benzene rings is 1. The normalized spacial score (nSPS) is 12.6. The maximum atomic E-state index is 12.1. The standard InChI is InChI=1S/C11H16FNO/c1-8-7-9(14-2)3-4-10(8)11(13)5-6-12/h3-4,7,11H,5-6,13H2,1-2H3/t11-/m1/s1.